The van der Waals surface area contributed by atoms with Gasteiger partial charge >= 0.3 is 0 Å². The van der Waals surface area contributed by atoms with Crippen LogP contribution in [0.4, 0.5) is 10.8 Å². The number of hydrogen-bond donors (Lipinski definition) is 1. The Labute approximate surface area is 167 Å². The zero-order chi connectivity index (χ0) is 19.6. The van der Waals surface area contributed by atoms with Gasteiger partial charge in [0.05, 0.1) is 16.8 Å². The maximum atomic E-state index is 12.6. The highest BCUT2D eigenvalue weighted by Crippen LogP contribution is 2.31. The van der Waals surface area contributed by atoms with E-state index in [-0.39, 0.29) is 28.7 Å². The van der Waals surface area contributed by atoms with Crippen LogP contribution in [-0.2, 0) is 14.6 Å². The minimum absolute atomic E-state index is 0.0516. The first-order valence-electron chi connectivity index (χ1n) is 8.54. The highest BCUT2D eigenvalue weighted by molar-refractivity contribution is 8.02. The van der Waals surface area contributed by atoms with Gasteiger partial charge in [-0.1, -0.05) is 40.8 Å². The molecule has 1 saturated heterocycles. The van der Waals surface area contributed by atoms with Crippen LogP contribution in [0.3, 0.4) is 0 Å². The number of rotatable bonds is 6. The van der Waals surface area contributed by atoms with Gasteiger partial charge < -0.3 is 10.2 Å². The Bertz CT molecular complexity index is 912. The van der Waals surface area contributed by atoms with Gasteiger partial charge in [0.15, 0.2) is 14.2 Å². The third kappa shape index (κ3) is 5.20. The van der Waals surface area contributed by atoms with E-state index in [0.717, 1.165) is 5.69 Å². The summed E-state index contributed by atoms with van der Waals surface area (Å²) in [6.07, 6.45) is 0.505. The van der Waals surface area contributed by atoms with Crippen LogP contribution in [-0.4, -0.2) is 59.3 Å². The maximum Gasteiger partial charge on any atom is 0.235 e. The molecule has 1 aliphatic heterocycles. The minimum atomic E-state index is -3.02. The third-order valence-electron chi connectivity index (χ3n) is 4.44. The zero-order valence-electron chi connectivity index (χ0n) is 15.4. The molecule has 1 aliphatic rings. The second-order valence-corrected chi connectivity index (χ2v) is 11.4. The van der Waals surface area contributed by atoms with E-state index in [1.54, 1.807) is 18.9 Å². The first kappa shape index (κ1) is 20.1. The minimum Gasteiger partial charge on any atom is -0.341 e. The molecule has 3 rings (SSSR count). The molecule has 7 nitrogen and oxygen atoms in total. The molecule has 2 unspecified atom stereocenters. The molecule has 1 fully saturated rings. The molecule has 0 radical (unpaired) electrons. The number of nitrogens with zero attached hydrogens (tertiary/aromatic N) is 3. The summed E-state index contributed by atoms with van der Waals surface area (Å²) in [5.41, 5.74) is 2.11. The quantitative estimate of drug-likeness (QED) is 0.710. The van der Waals surface area contributed by atoms with Crippen molar-refractivity contribution in [3.63, 3.8) is 0 Å². The average molecular weight is 427 g/mol. The normalized spacial score (nSPS) is 19.6. The summed E-state index contributed by atoms with van der Waals surface area (Å²) in [5.74, 6) is 0.113. The second-order valence-electron chi connectivity index (χ2n) is 6.63. The van der Waals surface area contributed by atoms with Crippen LogP contribution in [0.1, 0.15) is 18.9 Å². The van der Waals surface area contributed by atoms with Crippen LogP contribution in [0, 0.1) is 6.92 Å². The summed E-state index contributed by atoms with van der Waals surface area (Å²) in [6.45, 7) is 3.83. The van der Waals surface area contributed by atoms with E-state index in [0.29, 0.717) is 15.9 Å². The third-order valence-corrected chi connectivity index (χ3v) is 8.20. The molecule has 1 amide bonds. The van der Waals surface area contributed by atoms with Crippen molar-refractivity contribution in [1.82, 2.24) is 15.1 Å². The molecule has 0 aliphatic carbocycles. The van der Waals surface area contributed by atoms with E-state index in [1.807, 2.05) is 31.2 Å². The highest BCUT2D eigenvalue weighted by atomic mass is 32.2. The van der Waals surface area contributed by atoms with Gasteiger partial charge in [0.1, 0.15) is 0 Å². The Kier molecular flexibility index (Phi) is 6.07. The first-order chi connectivity index (χ1) is 12.7. The van der Waals surface area contributed by atoms with Crippen molar-refractivity contribution < 1.29 is 13.2 Å². The number of benzene rings is 1. The van der Waals surface area contributed by atoms with Gasteiger partial charge in [-0.15, -0.1) is 10.2 Å². The Morgan fingerprint density at radius 2 is 2.04 bits per heavy atom. The van der Waals surface area contributed by atoms with E-state index < -0.39 is 9.84 Å². The van der Waals surface area contributed by atoms with Gasteiger partial charge in [0.2, 0.25) is 11.0 Å². The van der Waals surface area contributed by atoms with Crippen LogP contribution in [0.2, 0.25) is 0 Å². The summed E-state index contributed by atoms with van der Waals surface area (Å²) in [6, 6.07) is 7.73. The standard InChI is InChI=1S/C17H22N4O3S3/c1-11-4-6-13(7-5-11)18-16-19-20-17(26-16)25-12(2)15(22)21(3)14-8-9-27(23,24)10-14/h4-7,12,14H,8-10H2,1-3H3,(H,18,19). The Morgan fingerprint density at radius 3 is 2.67 bits per heavy atom. The smallest absolute Gasteiger partial charge is 0.235 e. The number of sulfone groups is 1. The fourth-order valence-electron chi connectivity index (χ4n) is 2.82. The van der Waals surface area contributed by atoms with Crippen molar-refractivity contribution in [3.8, 4) is 0 Å². The van der Waals surface area contributed by atoms with E-state index in [1.165, 1.54) is 28.7 Å². The van der Waals surface area contributed by atoms with Crippen LogP contribution in [0.15, 0.2) is 28.6 Å². The summed E-state index contributed by atoms with van der Waals surface area (Å²) < 4.78 is 24.0. The molecule has 0 saturated carbocycles. The van der Waals surface area contributed by atoms with Crippen molar-refractivity contribution in [1.29, 1.82) is 0 Å². The Hall–Kier alpha value is -1.65. The van der Waals surface area contributed by atoms with Crippen molar-refractivity contribution in [3.05, 3.63) is 29.8 Å². The highest BCUT2D eigenvalue weighted by Gasteiger charge is 2.34. The topological polar surface area (TPSA) is 92.3 Å². The van der Waals surface area contributed by atoms with Crippen molar-refractivity contribution in [2.24, 2.45) is 0 Å². The number of nitrogens with one attached hydrogen (secondary N) is 1. The molecule has 1 N–H and O–H groups in total. The monoisotopic (exact) mass is 426 g/mol. The lowest BCUT2D eigenvalue weighted by Gasteiger charge is -2.25. The van der Waals surface area contributed by atoms with E-state index >= 15 is 0 Å². The number of hydrogen-bond acceptors (Lipinski definition) is 8. The lowest BCUT2D eigenvalue weighted by atomic mass is 10.2. The largest absolute Gasteiger partial charge is 0.341 e. The summed E-state index contributed by atoms with van der Waals surface area (Å²) in [7, 11) is -1.34. The predicted octanol–water partition coefficient (Wildman–Crippen LogP) is 2.72. The van der Waals surface area contributed by atoms with Crippen molar-refractivity contribution in [2.45, 2.75) is 35.9 Å². The second kappa shape index (κ2) is 8.15. The Balaban J connectivity index is 1.57. The number of thioether (sulfide) groups is 1. The van der Waals surface area contributed by atoms with Gasteiger partial charge in [-0.2, -0.15) is 0 Å². The average Bonchev–Trinajstić information content (AvgIpc) is 3.21. The molecule has 2 atom stereocenters. The molecule has 0 spiro atoms. The van der Waals surface area contributed by atoms with Crippen LogP contribution >= 0.6 is 23.1 Å². The van der Waals surface area contributed by atoms with Crippen molar-refractivity contribution in [2.75, 3.05) is 23.9 Å². The first-order valence-corrected chi connectivity index (χ1v) is 12.1. The molecule has 1 aromatic carbocycles. The van der Waals surface area contributed by atoms with E-state index in [2.05, 4.69) is 15.5 Å². The number of aryl methyl sites for hydroxylation is 1. The van der Waals surface area contributed by atoms with Gasteiger partial charge in [-0.05, 0) is 32.4 Å². The van der Waals surface area contributed by atoms with E-state index in [9.17, 15) is 13.2 Å². The molecule has 2 heterocycles. The number of amides is 1. The molecule has 2 aromatic rings. The summed E-state index contributed by atoms with van der Waals surface area (Å²) >= 11 is 2.72. The van der Waals surface area contributed by atoms with Crippen LogP contribution in [0.5, 0.6) is 0 Å². The van der Waals surface area contributed by atoms with E-state index in [4.69, 9.17) is 0 Å². The predicted molar refractivity (Wildman–Crippen MR) is 110 cm³/mol. The van der Waals surface area contributed by atoms with Gasteiger partial charge in [-0.25, -0.2) is 8.42 Å². The number of aromatic nitrogens is 2. The molecule has 1 aromatic heterocycles. The van der Waals surface area contributed by atoms with Gasteiger partial charge in [0, 0.05) is 18.8 Å². The fraction of sp³-hybridized carbons (Fsp3) is 0.471. The number of anilines is 2. The van der Waals surface area contributed by atoms with Crippen LogP contribution < -0.4 is 5.32 Å². The maximum absolute atomic E-state index is 12.6. The van der Waals surface area contributed by atoms with Gasteiger partial charge in [-0.3, -0.25) is 4.79 Å². The molecule has 27 heavy (non-hydrogen) atoms. The molecule has 10 heteroatoms. The van der Waals surface area contributed by atoms with Gasteiger partial charge in [0.25, 0.3) is 0 Å². The molecular formula is C17H22N4O3S3. The molecule has 0 bridgehead atoms. The fourth-order valence-corrected chi connectivity index (χ4v) is 6.61. The Morgan fingerprint density at radius 1 is 1.33 bits per heavy atom. The van der Waals surface area contributed by atoms with Crippen LogP contribution in [0.25, 0.3) is 0 Å². The number of carbonyl (C=O) groups is 1. The zero-order valence-corrected chi connectivity index (χ0v) is 17.8. The van der Waals surface area contributed by atoms with Crippen molar-refractivity contribution >= 4 is 49.7 Å². The molecule has 146 valence electrons. The SMILES string of the molecule is Cc1ccc(Nc2nnc(SC(C)C(=O)N(C)C3CCS(=O)(=O)C3)s2)cc1. The number of carbonyl (C=O) groups excluding carboxylic acids is 1. The molecular weight excluding hydrogens is 404 g/mol. The summed E-state index contributed by atoms with van der Waals surface area (Å²) in [5, 5.41) is 11.8. The lowest BCUT2D eigenvalue weighted by Crippen LogP contribution is -2.41. The summed E-state index contributed by atoms with van der Waals surface area (Å²) in [4.78, 5) is 14.2. The lowest BCUT2D eigenvalue weighted by molar-refractivity contribution is -0.130.